The van der Waals surface area contributed by atoms with Crippen LogP contribution in [0.3, 0.4) is 0 Å². The molecular formula is C25H24O3S. The zero-order valence-electron chi connectivity index (χ0n) is 16.4. The van der Waals surface area contributed by atoms with E-state index >= 15 is 0 Å². The quantitative estimate of drug-likeness (QED) is 0.536. The van der Waals surface area contributed by atoms with Gasteiger partial charge in [0.15, 0.2) is 0 Å². The Morgan fingerprint density at radius 3 is 1.97 bits per heavy atom. The first kappa shape index (κ1) is 18.6. The van der Waals surface area contributed by atoms with Crippen LogP contribution in [0.5, 0.6) is 0 Å². The highest BCUT2D eigenvalue weighted by atomic mass is 32.2. The Morgan fingerprint density at radius 2 is 1.38 bits per heavy atom. The molecule has 6 rings (SSSR count). The molecule has 0 saturated carbocycles. The normalized spacial score (nSPS) is 22.2. The van der Waals surface area contributed by atoms with Crippen molar-refractivity contribution in [3.63, 3.8) is 0 Å². The molecular weight excluding hydrogens is 380 g/mol. The minimum atomic E-state index is -3.71. The predicted octanol–water partition coefficient (Wildman–Crippen LogP) is 5.39. The standard InChI is InChI=1S/C25H24O3S/c1-17-10-12-19(13-11-17)29(26,27)28-15-14-18-16-24-20-6-2-4-8-22(20)25(18)23-9-5-3-7-21(23)24/h2-13,18,24-25H,14-16H2,1H3/t18-,24?,25?/m1/s1. The van der Waals surface area contributed by atoms with Crippen LogP contribution in [0.1, 0.15) is 52.5 Å². The zero-order chi connectivity index (χ0) is 20.0. The van der Waals surface area contributed by atoms with Gasteiger partial charge in [0.2, 0.25) is 0 Å². The zero-order valence-corrected chi connectivity index (χ0v) is 17.2. The lowest BCUT2D eigenvalue weighted by molar-refractivity contribution is 0.247. The summed E-state index contributed by atoms with van der Waals surface area (Å²) < 4.78 is 30.5. The van der Waals surface area contributed by atoms with E-state index in [9.17, 15) is 8.42 Å². The lowest BCUT2D eigenvalue weighted by Crippen LogP contribution is -2.32. The molecule has 0 N–H and O–H groups in total. The molecule has 0 fully saturated rings. The molecule has 29 heavy (non-hydrogen) atoms. The molecule has 3 aromatic carbocycles. The Morgan fingerprint density at radius 1 is 0.828 bits per heavy atom. The first-order valence-corrected chi connectivity index (χ1v) is 11.6. The third-order valence-corrected chi connectivity index (χ3v) is 7.79. The number of benzene rings is 3. The highest BCUT2D eigenvalue weighted by Gasteiger charge is 2.42. The summed E-state index contributed by atoms with van der Waals surface area (Å²) in [6, 6.07) is 24.2. The summed E-state index contributed by atoms with van der Waals surface area (Å²) in [5.41, 5.74) is 6.68. The van der Waals surface area contributed by atoms with E-state index in [-0.39, 0.29) is 11.5 Å². The van der Waals surface area contributed by atoms with E-state index in [0.717, 1.165) is 18.4 Å². The van der Waals surface area contributed by atoms with Gasteiger partial charge < -0.3 is 0 Å². The van der Waals surface area contributed by atoms with Crippen LogP contribution >= 0.6 is 0 Å². The van der Waals surface area contributed by atoms with Crippen LogP contribution in [-0.2, 0) is 14.3 Å². The maximum Gasteiger partial charge on any atom is 0.296 e. The number of fused-ring (bicyclic) bond motifs is 1. The molecule has 0 radical (unpaired) electrons. The Kier molecular flexibility index (Phi) is 4.56. The second kappa shape index (κ2) is 7.12. The van der Waals surface area contributed by atoms with Crippen LogP contribution in [0.25, 0.3) is 0 Å². The Balaban J connectivity index is 1.36. The molecule has 0 amide bonds. The SMILES string of the molecule is Cc1ccc(S(=O)(=O)OCC[C@@H]2CC3c4ccccc4C2c2ccccc23)cc1. The van der Waals surface area contributed by atoms with Crippen molar-refractivity contribution >= 4 is 10.1 Å². The molecule has 4 heteroatoms. The fourth-order valence-electron chi connectivity index (χ4n) is 5.13. The molecule has 0 heterocycles. The molecule has 0 aliphatic heterocycles. The van der Waals surface area contributed by atoms with Crippen LogP contribution in [0.15, 0.2) is 77.7 Å². The van der Waals surface area contributed by atoms with Crippen molar-refractivity contribution in [1.82, 2.24) is 0 Å². The minimum Gasteiger partial charge on any atom is -0.266 e. The average molecular weight is 405 g/mol. The van der Waals surface area contributed by atoms with Crippen molar-refractivity contribution in [1.29, 1.82) is 0 Å². The van der Waals surface area contributed by atoms with E-state index in [1.165, 1.54) is 22.3 Å². The Bertz CT molecular complexity index is 1100. The van der Waals surface area contributed by atoms with Crippen LogP contribution < -0.4 is 0 Å². The predicted molar refractivity (Wildman–Crippen MR) is 114 cm³/mol. The monoisotopic (exact) mass is 404 g/mol. The van der Waals surface area contributed by atoms with Crippen molar-refractivity contribution in [3.8, 4) is 0 Å². The number of hydrogen-bond acceptors (Lipinski definition) is 3. The summed E-state index contributed by atoms with van der Waals surface area (Å²) in [5.74, 6) is 1.10. The highest BCUT2D eigenvalue weighted by molar-refractivity contribution is 7.86. The average Bonchev–Trinajstić information content (AvgIpc) is 2.74. The van der Waals surface area contributed by atoms with E-state index in [2.05, 4.69) is 48.5 Å². The molecule has 0 unspecified atom stereocenters. The van der Waals surface area contributed by atoms with Crippen molar-refractivity contribution in [3.05, 3.63) is 101 Å². The summed E-state index contributed by atoms with van der Waals surface area (Å²) >= 11 is 0. The second-order valence-electron chi connectivity index (χ2n) is 8.16. The number of rotatable bonds is 5. The van der Waals surface area contributed by atoms with Crippen LogP contribution in [-0.4, -0.2) is 15.0 Å². The van der Waals surface area contributed by atoms with Crippen molar-refractivity contribution in [2.45, 2.75) is 36.5 Å². The molecule has 2 bridgehead atoms. The number of hydrogen-bond donors (Lipinski definition) is 0. The summed E-state index contributed by atoms with van der Waals surface area (Å²) in [6.07, 6.45) is 1.78. The van der Waals surface area contributed by atoms with Gasteiger partial charge in [-0.1, -0.05) is 66.2 Å². The minimum absolute atomic E-state index is 0.217. The van der Waals surface area contributed by atoms with Gasteiger partial charge in [0.25, 0.3) is 10.1 Å². The summed E-state index contributed by atoms with van der Waals surface area (Å²) in [6.45, 7) is 2.15. The van der Waals surface area contributed by atoms with E-state index in [1.54, 1.807) is 24.3 Å². The van der Waals surface area contributed by atoms with Crippen molar-refractivity contribution < 1.29 is 12.6 Å². The molecule has 3 aliphatic carbocycles. The van der Waals surface area contributed by atoms with Gasteiger partial charge in [0.05, 0.1) is 11.5 Å². The maximum absolute atomic E-state index is 12.5. The van der Waals surface area contributed by atoms with E-state index < -0.39 is 10.1 Å². The van der Waals surface area contributed by atoms with Gasteiger partial charge in [-0.3, -0.25) is 4.18 Å². The maximum atomic E-state index is 12.5. The first-order valence-electron chi connectivity index (χ1n) is 10.2. The van der Waals surface area contributed by atoms with Gasteiger partial charge in [-0.15, -0.1) is 0 Å². The number of aryl methyl sites for hydroxylation is 1. The molecule has 1 atom stereocenters. The molecule has 148 valence electrons. The highest BCUT2D eigenvalue weighted by Crippen LogP contribution is 2.56. The third kappa shape index (κ3) is 3.21. The van der Waals surface area contributed by atoms with Gasteiger partial charge in [0, 0.05) is 11.8 Å². The fourth-order valence-corrected chi connectivity index (χ4v) is 6.05. The van der Waals surface area contributed by atoms with Gasteiger partial charge in [-0.2, -0.15) is 8.42 Å². The van der Waals surface area contributed by atoms with Gasteiger partial charge in [-0.25, -0.2) is 0 Å². The molecule has 0 spiro atoms. The lowest BCUT2D eigenvalue weighted by atomic mass is 9.58. The van der Waals surface area contributed by atoms with E-state index in [1.807, 2.05) is 6.92 Å². The van der Waals surface area contributed by atoms with E-state index in [0.29, 0.717) is 17.8 Å². The Labute approximate surface area is 172 Å². The smallest absolute Gasteiger partial charge is 0.266 e. The molecule has 0 aromatic heterocycles. The fraction of sp³-hybridized carbons (Fsp3) is 0.280. The first-order chi connectivity index (χ1) is 14.0. The molecule has 0 saturated heterocycles. The van der Waals surface area contributed by atoms with E-state index in [4.69, 9.17) is 4.18 Å². The van der Waals surface area contributed by atoms with Crippen molar-refractivity contribution in [2.24, 2.45) is 5.92 Å². The van der Waals surface area contributed by atoms with Crippen molar-refractivity contribution in [2.75, 3.05) is 6.61 Å². The lowest BCUT2D eigenvalue weighted by Gasteiger charge is -2.45. The summed E-state index contributed by atoms with van der Waals surface area (Å²) in [5, 5.41) is 0. The van der Waals surface area contributed by atoms with Gasteiger partial charge in [-0.05, 0) is 60.1 Å². The summed E-state index contributed by atoms with van der Waals surface area (Å²) in [4.78, 5) is 0.226. The van der Waals surface area contributed by atoms with Gasteiger partial charge >= 0.3 is 0 Å². The van der Waals surface area contributed by atoms with Crippen LogP contribution in [0.2, 0.25) is 0 Å². The molecule has 3 nitrogen and oxygen atoms in total. The molecule has 3 aliphatic rings. The summed E-state index contributed by atoms with van der Waals surface area (Å²) in [7, 11) is -3.71. The van der Waals surface area contributed by atoms with Crippen LogP contribution in [0.4, 0.5) is 0 Å². The third-order valence-electron chi connectivity index (χ3n) is 6.46. The topological polar surface area (TPSA) is 43.4 Å². The largest absolute Gasteiger partial charge is 0.296 e. The second-order valence-corrected chi connectivity index (χ2v) is 9.78. The Hall–Kier alpha value is -2.43. The van der Waals surface area contributed by atoms with Gasteiger partial charge in [0.1, 0.15) is 0 Å². The molecule has 3 aromatic rings. The van der Waals surface area contributed by atoms with Crippen LogP contribution in [0, 0.1) is 12.8 Å².